The van der Waals surface area contributed by atoms with E-state index in [1.165, 1.54) is 32.9 Å². The van der Waals surface area contributed by atoms with Gasteiger partial charge in [0, 0.05) is 6.54 Å². The van der Waals surface area contributed by atoms with Gasteiger partial charge in [-0.15, -0.1) is 0 Å². The molecule has 1 aromatic rings. The number of nitrogens with one attached hydrogen (secondary N) is 2. The molecule has 0 aromatic heterocycles. The minimum atomic E-state index is -4.52. The van der Waals surface area contributed by atoms with E-state index in [1.54, 1.807) is 0 Å². The largest absolute Gasteiger partial charge is 0.416 e. The molecule has 1 saturated heterocycles. The fraction of sp³-hybridized carbons (Fsp3) is 0.579. The molecule has 1 fully saturated rings. The van der Waals surface area contributed by atoms with E-state index in [1.807, 2.05) is 0 Å². The molecule has 0 spiro atoms. The number of benzene rings is 1. The average Bonchev–Trinajstić information content (AvgIpc) is 2.97. The van der Waals surface area contributed by atoms with Crippen molar-refractivity contribution >= 4 is 21.7 Å². The van der Waals surface area contributed by atoms with Crippen LogP contribution in [0.3, 0.4) is 0 Å². The molecule has 2 N–H and O–H groups in total. The van der Waals surface area contributed by atoms with Crippen LogP contribution in [0.2, 0.25) is 0 Å². The van der Waals surface area contributed by atoms with Crippen molar-refractivity contribution in [3.63, 3.8) is 0 Å². The van der Waals surface area contributed by atoms with Crippen molar-refractivity contribution in [3.8, 4) is 0 Å². The number of hydrogen-bond donors (Lipinski definition) is 2. The first kappa shape index (κ1) is 23.2. The van der Waals surface area contributed by atoms with Crippen LogP contribution < -0.4 is 10.6 Å². The Kier molecular flexibility index (Phi) is 6.66. The van der Waals surface area contributed by atoms with Crippen molar-refractivity contribution in [1.82, 2.24) is 10.6 Å². The third kappa shape index (κ3) is 5.94. The number of sulfone groups is 1. The van der Waals surface area contributed by atoms with E-state index in [9.17, 15) is 31.2 Å². The lowest BCUT2D eigenvalue weighted by molar-refractivity contribution is -0.138. The molecule has 2 atom stereocenters. The highest BCUT2D eigenvalue weighted by atomic mass is 32.2. The Morgan fingerprint density at radius 3 is 2.38 bits per heavy atom. The van der Waals surface area contributed by atoms with Gasteiger partial charge < -0.3 is 10.6 Å². The van der Waals surface area contributed by atoms with Crippen LogP contribution in [0.15, 0.2) is 24.3 Å². The lowest BCUT2D eigenvalue weighted by Crippen LogP contribution is -2.50. The monoisotopic (exact) mass is 434 g/mol. The molecule has 1 aromatic carbocycles. The summed E-state index contributed by atoms with van der Waals surface area (Å²) in [6, 6.07) is 3.59. The predicted octanol–water partition coefficient (Wildman–Crippen LogP) is 2.04. The third-order valence-corrected chi connectivity index (χ3v) is 6.95. The highest BCUT2D eigenvalue weighted by molar-refractivity contribution is 7.91. The molecule has 0 aliphatic carbocycles. The Hall–Kier alpha value is -2.10. The van der Waals surface area contributed by atoms with Crippen LogP contribution >= 0.6 is 0 Å². The summed E-state index contributed by atoms with van der Waals surface area (Å²) in [5.41, 5.74) is -1.98. The van der Waals surface area contributed by atoms with E-state index >= 15 is 0 Å². The molecule has 1 aliphatic rings. The maximum absolute atomic E-state index is 12.9. The summed E-state index contributed by atoms with van der Waals surface area (Å²) in [6.45, 7) is 4.60. The van der Waals surface area contributed by atoms with Crippen LogP contribution in [0.4, 0.5) is 13.2 Å². The quantitative estimate of drug-likeness (QED) is 0.717. The molecule has 2 rings (SSSR count). The minimum absolute atomic E-state index is 0.0244. The summed E-state index contributed by atoms with van der Waals surface area (Å²) >= 11 is 0. The number of alkyl halides is 3. The zero-order valence-electron chi connectivity index (χ0n) is 16.5. The lowest BCUT2D eigenvalue weighted by atomic mass is 9.82. The first-order valence-electron chi connectivity index (χ1n) is 9.19. The Morgan fingerprint density at radius 2 is 1.83 bits per heavy atom. The molecular weight excluding hydrogens is 409 g/mol. The van der Waals surface area contributed by atoms with Crippen LogP contribution in [-0.2, 0) is 31.0 Å². The van der Waals surface area contributed by atoms with E-state index in [-0.39, 0.29) is 29.5 Å². The number of amides is 2. The fourth-order valence-corrected chi connectivity index (χ4v) is 4.95. The normalized spacial score (nSPS) is 20.1. The molecule has 2 amide bonds. The van der Waals surface area contributed by atoms with Crippen molar-refractivity contribution in [2.75, 3.05) is 18.1 Å². The van der Waals surface area contributed by atoms with Gasteiger partial charge in [-0.05, 0) is 44.7 Å². The zero-order chi connectivity index (χ0) is 22.0. The number of halogens is 3. The summed E-state index contributed by atoms with van der Waals surface area (Å²) < 4.78 is 61.7. The van der Waals surface area contributed by atoms with Crippen LogP contribution in [0.1, 0.15) is 38.3 Å². The van der Waals surface area contributed by atoms with Crippen molar-refractivity contribution in [2.24, 2.45) is 5.92 Å². The molecule has 1 heterocycles. The SMILES string of the molecule is CC(NC(=O)C(C)(C)c1cccc(C(F)(F)F)c1)C(=O)NCC1CCS(=O)(=O)C1. The number of carbonyl (C=O) groups is 2. The zero-order valence-corrected chi connectivity index (χ0v) is 17.3. The smallest absolute Gasteiger partial charge is 0.354 e. The molecule has 29 heavy (non-hydrogen) atoms. The summed E-state index contributed by atoms with van der Waals surface area (Å²) in [4.78, 5) is 24.9. The second-order valence-electron chi connectivity index (χ2n) is 7.91. The molecule has 162 valence electrons. The van der Waals surface area contributed by atoms with E-state index < -0.39 is 44.8 Å². The van der Waals surface area contributed by atoms with E-state index in [2.05, 4.69) is 10.6 Å². The maximum atomic E-state index is 12.9. The molecule has 1 aliphatic heterocycles. The van der Waals surface area contributed by atoms with Crippen LogP contribution in [0.5, 0.6) is 0 Å². The van der Waals surface area contributed by atoms with Crippen molar-refractivity contribution < 1.29 is 31.2 Å². The average molecular weight is 434 g/mol. The number of hydrogen-bond acceptors (Lipinski definition) is 4. The summed E-state index contributed by atoms with van der Waals surface area (Å²) in [5.74, 6) is -1.11. The maximum Gasteiger partial charge on any atom is 0.416 e. The number of rotatable bonds is 6. The van der Waals surface area contributed by atoms with Crippen molar-refractivity contribution in [1.29, 1.82) is 0 Å². The highest BCUT2D eigenvalue weighted by Crippen LogP contribution is 2.33. The number of carbonyl (C=O) groups excluding carboxylic acids is 2. The molecular formula is C19H25F3N2O4S. The van der Waals surface area contributed by atoms with E-state index in [0.29, 0.717) is 6.42 Å². The van der Waals surface area contributed by atoms with Gasteiger partial charge in [-0.25, -0.2) is 8.42 Å². The van der Waals surface area contributed by atoms with Gasteiger partial charge in [0.05, 0.1) is 22.5 Å². The van der Waals surface area contributed by atoms with Gasteiger partial charge in [-0.3, -0.25) is 9.59 Å². The first-order valence-corrected chi connectivity index (χ1v) is 11.0. The molecule has 0 radical (unpaired) electrons. The van der Waals surface area contributed by atoms with E-state index in [0.717, 1.165) is 12.1 Å². The van der Waals surface area contributed by atoms with Gasteiger partial charge in [0.1, 0.15) is 6.04 Å². The Morgan fingerprint density at radius 1 is 1.21 bits per heavy atom. The second-order valence-corrected chi connectivity index (χ2v) is 10.1. The summed E-state index contributed by atoms with van der Waals surface area (Å²) in [5, 5.41) is 5.14. The van der Waals surface area contributed by atoms with Crippen LogP contribution in [0, 0.1) is 5.92 Å². The van der Waals surface area contributed by atoms with Gasteiger partial charge in [-0.1, -0.05) is 18.2 Å². The highest BCUT2D eigenvalue weighted by Gasteiger charge is 2.36. The lowest BCUT2D eigenvalue weighted by Gasteiger charge is -2.27. The fourth-order valence-electron chi connectivity index (χ4n) is 3.09. The van der Waals surface area contributed by atoms with Crippen LogP contribution in [-0.4, -0.2) is 44.3 Å². The second kappa shape index (κ2) is 8.33. The van der Waals surface area contributed by atoms with Gasteiger partial charge in [0.2, 0.25) is 11.8 Å². The summed E-state index contributed by atoms with van der Waals surface area (Å²) in [7, 11) is -3.05. The standard InChI is InChI=1S/C19H25F3N2O4S/c1-12(16(25)23-10-13-7-8-29(27,28)11-13)24-17(26)18(2,3)14-5-4-6-15(9-14)19(20,21)22/h4-6,9,12-13H,7-8,10-11H2,1-3H3,(H,23,25)(H,24,26). The predicted molar refractivity (Wildman–Crippen MR) is 102 cm³/mol. The van der Waals surface area contributed by atoms with Gasteiger partial charge in [-0.2, -0.15) is 13.2 Å². The Bertz CT molecular complexity index is 882. The third-order valence-electron chi connectivity index (χ3n) is 5.11. The van der Waals surface area contributed by atoms with Crippen molar-refractivity contribution in [2.45, 2.75) is 44.8 Å². The Balaban J connectivity index is 1.98. The molecule has 10 heteroatoms. The first-order chi connectivity index (χ1) is 13.2. The topological polar surface area (TPSA) is 92.3 Å². The van der Waals surface area contributed by atoms with Gasteiger partial charge in [0.15, 0.2) is 9.84 Å². The van der Waals surface area contributed by atoms with Gasteiger partial charge >= 0.3 is 6.18 Å². The van der Waals surface area contributed by atoms with E-state index in [4.69, 9.17) is 0 Å². The molecule has 0 saturated carbocycles. The van der Waals surface area contributed by atoms with Gasteiger partial charge in [0.25, 0.3) is 0 Å². The molecule has 6 nitrogen and oxygen atoms in total. The van der Waals surface area contributed by atoms with Crippen molar-refractivity contribution in [3.05, 3.63) is 35.4 Å². The molecule has 2 unspecified atom stereocenters. The van der Waals surface area contributed by atoms with Crippen LogP contribution in [0.25, 0.3) is 0 Å². The minimum Gasteiger partial charge on any atom is -0.354 e. The Labute approximate surface area is 168 Å². The summed E-state index contributed by atoms with van der Waals surface area (Å²) in [6.07, 6.45) is -4.05. The molecule has 0 bridgehead atoms.